The maximum atomic E-state index is 15.7. The molecule has 3 N–H and O–H groups in total. The third kappa shape index (κ3) is 5.39. The Balaban J connectivity index is 1.45. The van der Waals surface area contributed by atoms with Crippen LogP contribution in [0.1, 0.15) is 12.8 Å². The van der Waals surface area contributed by atoms with Crippen LogP contribution in [0.25, 0.3) is 22.2 Å². The number of nitrogens with one attached hydrogen (secondary N) is 3. The highest BCUT2D eigenvalue weighted by Gasteiger charge is 2.34. The number of methoxy groups -OCH3 is 1. The molecule has 0 atom stereocenters. The van der Waals surface area contributed by atoms with Gasteiger partial charge in [-0.25, -0.2) is 22.8 Å². The van der Waals surface area contributed by atoms with E-state index in [1.165, 1.54) is 55.4 Å². The van der Waals surface area contributed by atoms with Crippen molar-refractivity contribution in [1.29, 1.82) is 0 Å². The van der Waals surface area contributed by atoms with Crippen LogP contribution in [0.15, 0.2) is 52.4 Å². The summed E-state index contributed by atoms with van der Waals surface area (Å²) in [6.45, 7) is 0. The molecule has 1 saturated carbocycles. The molecule has 4 aromatic rings. The predicted molar refractivity (Wildman–Crippen MR) is 151 cm³/mol. The van der Waals surface area contributed by atoms with Gasteiger partial charge in [-0.05, 0) is 31.0 Å². The van der Waals surface area contributed by atoms with E-state index in [9.17, 15) is 18.0 Å². The first kappa shape index (κ1) is 28.2. The van der Waals surface area contributed by atoms with E-state index in [2.05, 4.69) is 30.3 Å². The first-order valence-electron chi connectivity index (χ1n) is 12.4. The van der Waals surface area contributed by atoms with Crippen molar-refractivity contribution in [2.75, 3.05) is 24.2 Å². The monoisotopic (exact) mass is 601 g/mol. The number of hydrogen-bond acceptors (Lipinski definition) is 9. The second kappa shape index (κ2) is 10.9. The molecule has 0 spiro atoms. The standard InChI is InChI=1S/C26H25ClFN7O5S/c1-29-23(36)13-7-16(8-13)32-26-31-11-14-9-18(25(37)35(2)22(14)33-26)17-5-4-6-19(21(17)28)34-41(38,39)20-10-15(27)12-30-24(20)40-3/h4-6,9-13,16,34H,7-8H2,1-3H3,(H,29,36)(H,31,32,33). The summed E-state index contributed by atoms with van der Waals surface area (Å²) in [5.74, 6) is -0.961. The van der Waals surface area contributed by atoms with E-state index in [1.807, 2.05) is 0 Å². The van der Waals surface area contributed by atoms with Gasteiger partial charge in [-0.3, -0.25) is 18.9 Å². The highest BCUT2D eigenvalue weighted by molar-refractivity contribution is 7.92. The van der Waals surface area contributed by atoms with E-state index in [4.69, 9.17) is 16.3 Å². The van der Waals surface area contributed by atoms with Crippen LogP contribution in [0.2, 0.25) is 5.02 Å². The molecule has 214 valence electrons. The summed E-state index contributed by atoms with van der Waals surface area (Å²) >= 11 is 5.92. The number of nitrogens with zero attached hydrogens (tertiary/aromatic N) is 4. The maximum Gasteiger partial charge on any atom is 0.267 e. The summed E-state index contributed by atoms with van der Waals surface area (Å²) in [6, 6.07) is 6.62. The van der Waals surface area contributed by atoms with Gasteiger partial charge in [-0.15, -0.1) is 0 Å². The molecule has 1 aliphatic carbocycles. The molecule has 15 heteroatoms. The molecule has 3 aromatic heterocycles. The molecule has 1 aromatic carbocycles. The van der Waals surface area contributed by atoms with Gasteiger partial charge >= 0.3 is 0 Å². The molecule has 12 nitrogen and oxygen atoms in total. The van der Waals surface area contributed by atoms with E-state index in [0.717, 1.165) is 6.07 Å². The Hall–Kier alpha value is -4.30. The van der Waals surface area contributed by atoms with Gasteiger partial charge in [0, 0.05) is 49.4 Å². The third-order valence-corrected chi connectivity index (χ3v) is 8.40. The minimum atomic E-state index is -4.37. The average Bonchev–Trinajstić information content (AvgIpc) is 2.93. The summed E-state index contributed by atoms with van der Waals surface area (Å²) in [4.78, 5) is 37.3. The first-order valence-corrected chi connectivity index (χ1v) is 14.2. The Kier molecular flexibility index (Phi) is 7.53. The van der Waals surface area contributed by atoms with E-state index in [-0.39, 0.29) is 44.8 Å². The average molecular weight is 602 g/mol. The van der Waals surface area contributed by atoms with Crippen LogP contribution < -0.4 is 25.7 Å². The van der Waals surface area contributed by atoms with Crippen molar-refractivity contribution in [2.24, 2.45) is 13.0 Å². The number of benzene rings is 1. The number of fused-ring (bicyclic) bond motifs is 1. The van der Waals surface area contributed by atoms with Crippen LogP contribution in [0, 0.1) is 11.7 Å². The SMILES string of the molecule is CNC(=O)C1CC(Nc2ncc3cc(-c4cccc(NS(=O)(=O)c5cc(Cl)cnc5OC)c4F)c(=O)n(C)c3n2)C1. The fourth-order valence-electron chi connectivity index (χ4n) is 4.62. The van der Waals surface area contributed by atoms with Crippen molar-refractivity contribution in [2.45, 2.75) is 23.8 Å². The molecule has 0 bridgehead atoms. The van der Waals surface area contributed by atoms with Gasteiger partial charge in [0.2, 0.25) is 17.7 Å². The number of aryl methyl sites for hydroxylation is 1. The summed E-state index contributed by atoms with van der Waals surface area (Å²) < 4.78 is 50.3. The molecule has 41 heavy (non-hydrogen) atoms. The molecule has 0 saturated heterocycles. The minimum absolute atomic E-state index is 0.0114. The van der Waals surface area contributed by atoms with E-state index >= 15 is 4.39 Å². The lowest BCUT2D eigenvalue weighted by molar-refractivity contribution is -0.127. The molecular weight excluding hydrogens is 577 g/mol. The Bertz CT molecular complexity index is 1840. The van der Waals surface area contributed by atoms with Crippen LogP contribution in [0.3, 0.4) is 0 Å². The topological polar surface area (TPSA) is 157 Å². The second-order valence-electron chi connectivity index (χ2n) is 9.45. The van der Waals surface area contributed by atoms with Crippen molar-refractivity contribution in [1.82, 2.24) is 24.8 Å². The lowest BCUT2D eigenvalue weighted by Gasteiger charge is -2.34. The highest BCUT2D eigenvalue weighted by Crippen LogP contribution is 2.32. The van der Waals surface area contributed by atoms with Gasteiger partial charge < -0.3 is 15.4 Å². The minimum Gasteiger partial charge on any atom is -0.480 e. The molecule has 3 heterocycles. The summed E-state index contributed by atoms with van der Waals surface area (Å²) in [5.41, 5.74) is -0.766. The zero-order chi connectivity index (χ0) is 29.5. The Morgan fingerprint density at radius 3 is 2.63 bits per heavy atom. The van der Waals surface area contributed by atoms with Crippen molar-refractivity contribution in [3.63, 3.8) is 0 Å². The van der Waals surface area contributed by atoms with Crippen molar-refractivity contribution >= 4 is 50.2 Å². The number of anilines is 2. The number of carbonyl (C=O) groups excluding carboxylic acids is 1. The van der Waals surface area contributed by atoms with Gasteiger partial charge in [-0.1, -0.05) is 23.7 Å². The lowest BCUT2D eigenvalue weighted by atomic mass is 9.80. The Morgan fingerprint density at radius 1 is 1.17 bits per heavy atom. The van der Waals surface area contributed by atoms with E-state index in [0.29, 0.717) is 29.8 Å². The number of pyridine rings is 2. The summed E-state index contributed by atoms with van der Waals surface area (Å²) in [7, 11) is -0.0317. The van der Waals surface area contributed by atoms with Crippen molar-refractivity contribution in [3.8, 4) is 17.0 Å². The number of aromatic nitrogens is 4. The number of carbonyl (C=O) groups is 1. The molecule has 0 unspecified atom stereocenters. The number of halogens is 2. The smallest absolute Gasteiger partial charge is 0.267 e. The maximum absolute atomic E-state index is 15.7. The van der Waals surface area contributed by atoms with Gasteiger partial charge in [0.15, 0.2) is 10.7 Å². The van der Waals surface area contributed by atoms with Gasteiger partial charge in [0.25, 0.3) is 15.6 Å². The number of rotatable bonds is 8. The molecule has 0 radical (unpaired) electrons. The van der Waals surface area contributed by atoms with Crippen LogP contribution in [-0.4, -0.2) is 54.0 Å². The molecular formula is C26H25ClFN7O5S. The number of ether oxygens (including phenoxy) is 1. The van der Waals surface area contributed by atoms with Crippen LogP contribution in [0.4, 0.5) is 16.0 Å². The summed E-state index contributed by atoms with van der Waals surface area (Å²) in [5, 5.41) is 6.31. The summed E-state index contributed by atoms with van der Waals surface area (Å²) in [6.07, 6.45) is 4.00. The van der Waals surface area contributed by atoms with Crippen LogP contribution in [-0.2, 0) is 21.9 Å². The molecule has 1 fully saturated rings. The van der Waals surface area contributed by atoms with Gasteiger partial charge in [0.1, 0.15) is 5.65 Å². The van der Waals surface area contributed by atoms with Crippen LogP contribution >= 0.6 is 11.6 Å². The van der Waals surface area contributed by atoms with E-state index in [1.54, 1.807) is 7.05 Å². The number of amides is 1. The molecule has 5 rings (SSSR count). The van der Waals surface area contributed by atoms with Crippen molar-refractivity contribution < 1.29 is 22.3 Å². The van der Waals surface area contributed by atoms with Crippen molar-refractivity contribution in [3.05, 3.63) is 63.9 Å². The largest absolute Gasteiger partial charge is 0.480 e. The normalized spacial score (nSPS) is 16.6. The fourth-order valence-corrected chi connectivity index (χ4v) is 6.05. The lowest BCUT2D eigenvalue weighted by Crippen LogP contribution is -2.43. The second-order valence-corrected chi connectivity index (χ2v) is 11.5. The first-order chi connectivity index (χ1) is 19.5. The fraction of sp³-hybridized carbons (Fsp3) is 0.269. The number of hydrogen-bond donors (Lipinski definition) is 3. The van der Waals surface area contributed by atoms with Gasteiger partial charge in [0.05, 0.1) is 23.4 Å². The van der Waals surface area contributed by atoms with Crippen LogP contribution in [0.5, 0.6) is 5.88 Å². The quantitative estimate of drug-likeness (QED) is 0.276. The highest BCUT2D eigenvalue weighted by atomic mass is 35.5. The predicted octanol–water partition coefficient (Wildman–Crippen LogP) is 2.93. The Labute approximate surface area is 239 Å². The Morgan fingerprint density at radius 2 is 1.93 bits per heavy atom. The molecule has 1 aliphatic rings. The zero-order valence-electron chi connectivity index (χ0n) is 22.1. The van der Waals surface area contributed by atoms with Gasteiger partial charge in [-0.2, -0.15) is 4.98 Å². The zero-order valence-corrected chi connectivity index (χ0v) is 23.7. The molecule has 1 amide bonds. The van der Waals surface area contributed by atoms with E-state index < -0.39 is 27.1 Å². The number of sulfonamides is 1. The third-order valence-electron chi connectivity index (χ3n) is 6.84. The molecule has 0 aliphatic heterocycles.